The number of unbranched alkanes of at least 4 members (excludes halogenated alkanes) is 16. The van der Waals surface area contributed by atoms with Crippen LogP contribution in [0, 0.1) is 6.92 Å². The molecule has 0 aliphatic rings. The van der Waals surface area contributed by atoms with Gasteiger partial charge in [0.15, 0.2) is 0 Å². The van der Waals surface area contributed by atoms with Gasteiger partial charge in [-0.05, 0) is 26.2 Å². The van der Waals surface area contributed by atoms with Crippen molar-refractivity contribution in [2.75, 3.05) is 0 Å². The van der Waals surface area contributed by atoms with E-state index in [2.05, 4.69) is 13.8 Å². The van der Waals surface area contributed by atoms with Crippen LogP contribution in [-0.4, -0.2) is 16.8 Å². The van der Waals surface area contributed by atoms with E-state index in [1.54, 1.807) is 0 Å². The van der Waals surface area contributed by atoms with Crippen molar-refractivity contribution in [2.24, 2.45) is 0 Å². The maximum Gasteiger partial charge on any atom is 2.00 e. The second-order valence-corrected chi connectivity index (χ2v) is 9.58. The molecule has 0 amide bonds. The van der Waals surface area contributed by atoms with E-state index < -0.39 is 11.9 Å². The number of hydrogen-bond donors (Lipinski definition) is 0. The van der Waals surface area contributed by atoms with E-state index in [1.165, 1.54) is 83.5 Å². The number of hydrogen-bond acceptors (Lipinski definition) is 4. The number of carboxylic acid groups (broad SMARTS) is 2. The predicted molar refractivity (Wildman–Crippen MR) is 135 cm³/mol. The fraction of sp³-hybridized carbons (Fsp3) is 0.885. The molecule has 4 nitrogen and oxygen atoms in total. The van der Waals surface area contributed by atoms with Crippen LogP contribution in [0.4, 0.5) is 0 Å². The molecule has 0 aromatic carbocycles. The van der Waals surface area contributed by atoms with Crippen LogP contribution in [0.1, 0.15) is 142 Å². The maximum absolute atomic E-state index is 10.2. The summed E-state index contributed by atoms with van der Waals surface area (Å²) in [4.78, 5) is 18.9. The molecule has 0 saturated carbocycles. The van der Waals surface area contributed by atoms with Gasteiger partial charge in [-0.1, -0.05) is 110 Å². The zero-order valence-electron chi connectivity index (χ0n) is 21.5. The van der Waals surface area contributed by atoms with Gasteiger partial charge in [0.05, 0.1) is 0 Å². The molecule has 0 aliphatic carbocycles. The Labute approximate surface area is 241 Å². The van der Waals surface area contributed by atoms with Crippen LogP contribution in [0.2, 0.25) is 0 Å². The Bertz CT molecular complexity index is 384. The number of alkyl halides is 2. The molecule has 2 radical (unpaired) electrons. The fourth-order valence-electron chi connectivity index (χ4n) is 3.12. The monoisotopic (exact) mass is 613 g/mol. The molecule has 0 heterocycles. The van der Waals surface area contributed by atoms with Crippen LogP contribution < -0.4 is 10.2 Å². The molecule has 0 saturated heterocycles. The zero-order valence-corrected chi connectivity index (χ0v) is 25.1. The quantitative estimate of drug-likeness (QED) is 0.0847. The molecule has 0 unspecified atom stereocenters. The summed E-state index contributed by atoms with van der Waals surface area (Å²) in [5, 5.41) is 19.1. The van der Waals surface area contributed by atoms with Gasteiger partial charge in [0.1, 0.15) is 4.84 Å². The minimum atomic E-state index is -1.08. The van der Waals surface area contributed by atoms with Crippen molar-refractivity contribution in [3.05, 3.63) is 6.92 Å². The Kier molecular flexibility index (Phi) is 53.3. The molecule has 0 aromatic heterocycles. The largest absolute Gasteiger partial charge is 2.00 e. The Morgan fingerprint density at radius 3 is 1.29 bits per heavy atom. The standard InChI is InChI=1S/C18H36O2.C6H11Cl2.C2H4O2.2Co/c1-2-3-4-5-6-7-8-9-10-11-12-13-14-15-16-17-18(19)20;1-2-3-4-5-6(7)8;1-2(3)4;;/h2-17H2,1H3,(H,19,20);6H,1-5H2;1H3,(H,3,4);;/q;-1;;;+2/p-2. The average molecular weight is 614 g/mol. The Balaban J connectivity index is -0.000000167. The summed E-state index contributed by atoms with van der Waals surface area (Å²) in [5.41, 5.74) is 0. The van der Waals surface area contributed by atoms with Gasteiger partial charge >= 0.3 is 16.8 Å². The second-order valence-electron chi connectivity index (χ2n) is 8.30. The van der Waals surface area contributed by atoms with Gasteiger partial charge in [0.25, 0.3) is 0 Å². The van der Waals surface area contributed by atoms with Crippen molar-refractivity contribution in [2.45, 2.75) is 147 Å². The molecule has 0 atom stereocenters. The van der Waals surface area contributed by atoms with Crippen molar-refractivity contribution < 1.29 is 53.4 Å². The molecule has 210 valence electrons. The van der Waals surface area contributed by atoms with Gasteiger partial charge < -0.3 is 26.7 Å². The molecular weight excluding hydrogens is 565 g/mol. The van der Waals surface area contributed by atoms with E-state index >= 15 is 0 Å². The summed E-state index contributed by atoms with van der Waals surface area (Å²) in [5.74, 6) is -1.99. The molecule has 0 fully saturated rings. The van der Waals surface area contributed by atoms with Crippen LogP contribution >= 0.6 is 23.2 Å². The minimum absolute atomic E-state index is 0. The normalized spacial score (nSPS) is 9.59. The van der Waals surface area contributed by atoms with Gasteiger partial charge in [-0.3, -0.25) is 0 Å². The summed E-state index contributed by atoms with van der Waals surface area (Å²) >= 11 is 10.9. The minimum Gasteiger partial charge on any atom is -0.550 e. The van der Waals surface area contributed by atoms with Crippen LogP contribution in [0.15, 0.2) is 0 Å². The smallest absolute Gasteiger partial charge is 0.550 e. The average Bonchev–Trinajstić information content (AvgIpc) is 2.71. The summed E-state index contributed by atoms with van der Waals surface area (Å²) in [6, 6.07) is 0. The van der Waals surface area contributed by atoms with E-state index in [1.807, 2.05) is 0 Å². The second kappa shape index (κ2) is 40.7. The first kappa shape index (κ1) is 44.5. The third-order valence-electron chi connectivity index (χ3n) is 4.91. The zero-order chi connectivity index (χ0) is 24.9. The number of halogens is 2. The van der Waals surface area contributed by atoms with Crippen molar-refractivity contribution in [1.82, 2.24) is 0 Å². The van der Waals surface area contributed by atoms with E-state index in [0.29, 0.717) is 0 Å². The number of aliphatic carboxylic acids is 2. The number of rotatable bonds is 20. The predicted octanol–water partition coefficient (Wildman–Crippen LogP) is 6.93. The van der Waals surface area contributed by atoms with Crippen LogP contribution in [0.5, 0.6) is 0 Å². The topological polar surface area (TPSA) is 80.3 Å². The van der Waals surface area contributed by atoms with Crippen LogP contribution in [-0.2, 0) is 43.1 Å². The van der Waals surface area contributed by atoms with E-state index in [9.17, 15) is 9.90 Å². The van der Waals surface area contributed by atoms with E-state index in [-0.39, 0.29) is 44.8 Å². The van der Waals surface area contributed by atoms with Crippen molar-refractivity contribution >= 4 is 35.1 Å². The van der Waals surface area contributed by atoms with Gasteiger partial charge in [-0.25, -0.2) is 0 Å². The van der Waals surface area contributed by atoms with Crippen LogP contribution in [0.25, 0.3) is 0 Å². The Morgan fingerprint density at radius 1 is 0.706 bits per heavy atom. The summed E-state index contributed by atoms with van der Waals surface area (Å²) in [7, 11) is 0. The van der Waals surface area contributed by atoms with Gasteiger partial charge in [0.2, 0.25) is 0 Å². The first-order valence-corrected chi connectivity index (χ1v) is 13.6. The van der Waals surface area contributed by atoms with Crippen molar-refractivity contribution in [1.29, 1.82) is 0 Å². The molecule has 34 heavy (non-hydrogen) atoms. The fourth-order valence-corrected chi connectivity index (χ4v) is 3.42. The van der Waals surface area contributed by atoms with E-state index in [4.69, 9.17) is 33.1 Å². The third kappa shape index (κ3) is 63.7. The van der Waals surface area contributed by atoms with Gasteiger partial charge in [0, 0.05) is 28.7 Å². The van der Waals surface area contributed by atoms with Gasteiger partial charge in [-0.15, -0.1) is 23.2 Å². The summed E-state index contributed by atoms with van der Waals surface area (Å²) < 4.78 is 0. The SMILES string of the molecule is CC(=O)[O-].CCCCCCCCCCCCCCCCCC(=O)[O-].[CH2-]CCCCC(Cl)Cl.[Co+2].[Co]. The third-order valence-corrected chi connectivity index (χ3v) is 5.34. The number of carbonyl (C=O) groups is 2. The molecule has 0 aromatic rings. The summed E-state index contributed by atoms with van der Waals surface area (Å²) in [6.45, 7) is 6.94. The maximum atomic E-state index is 10.2. The summed E-state index contributed by atoms with van der Waals surface area (Å²) in [6.07, 6.45) is 24.0. The molecule has 8 heteroatoms. The molecule has 0 bridgehead atoms. The molecule has 0 rings (SSSR count). The Hall–Kier alpha value is 0.533. The molecule has 0 N–H and O–H groups in total. The van der Waals surface area contributed by atoms with E-state index in [0.717, 1.165) is 45.4 Å². The number of carboxylic acids is 2. The molecular formula is C26H49Cl2Co2O4-. The van der Waals surface area contributed by atoms with Gasteiger partial charge in [-0.2, -0.15) is 6.42 Å². The van der Waals surface area contributed by atoms with Crippen molar-refractivity contribution in [3.8, 4) is 0 Å². The van der Waals surface area contributed by atoms with Crippen molar-refractivity contribution in [3.63, 3.8) is 0 Å². The first-order valence-electron chi connectivity index (χ1n) is 12.7. The molecule has 0 aliphatic heterocycles. The van der Waals surface area contributed by atoms with Crippen LogP contribution in [0.3, 0.4) is 0 Å². The Morgan fingerprint density at radius 2 is 1.03 bits per heavy atom. The first-order chi connectivity index (χ1) is 15.3. The number of carbonyl (C=O) groups excluding carboxylic acids is 2. The molecule has 0 spiro atoms.